The first-order chi connectivity index (χ1) is 7.88. The maximum absolute atomic E-state index is 2.67. The summed E-state index contributed by atoms with van der Waals surface area (Å²) in [6, 6.07) is 9.13. The number of benzene rings is 1. The topological polar surface area (TPSA) is 3.24 Å². The lowest BCUT2D eigenvalue weighted by atomic mass is 9.97. The van der Waals surface area contributed by atoms with Crippen molar-refractivity contribution in [2.45, 2.75) is 38.0 Å². The summed E-state index contributed by atoms with van der Waals surface area (Å²) in [5.74, 6) is 1.67. The third-order valence-corrected chi connectivity index (χ3v) is 4.26. The van der Waals surface area contributed by atoms with Crippen LogP contribution in [-0.4, -0.2) is 24.5 Å². The van der Waals surface area contributed by atoms with E-state index in [4.69, 9.17) is 0 Å². The van der Waals surface area contributed by atoms with Crippen LogP contribution >= 0.6 is 12.4 Å². The lowest BCUT2D eigenvalue weighted by Gasteiger charge is -2.25. The summed E-state index contributed by atoms with van der Waals surface area (Å²) in [6.07, 6.45) is 4.06. The van der Waals surface area contributed by atoms with Gasteiger partial charge in [-0.15, -0.1) is 12.4 Å². The van der Waals surface area contributed by atoms with E-state index in [1.54, 1.807) is 11.1 Å². The monoisotopic (exact) mass is 251 g/mol. The fourth-order valence-corrected chi connectivity index (χ4v) is 3.56. The Morgan fingerprint density at radius 2 is 1.88 bits per heavy atom. The summed E-state index contributed by atoms with van der Waals surface area (Å²) >= 11 is 0. The molecule has 2 unspecified atom stereocenters. The second-order valence-corrected chi connectivity index (χ2v) is 5.35. The predicted molar refractivity (Wildman–Crippen MR) is 75.1 cm³/mol. The highest BCUT2D eigenvalue weighted by atomic mass is 35.5. The highest BCUT2D eigenvalue weighted by Crippen LogP contribution is 2.45. The minimum absolute atomic E-state index is 0. The quantitative estimate of drug-likeness (QED) is 0.773. The molecule has 0 aromatic heterocycles. The Kier molecular flexibility index (Phi) is 4.11. The Balaban J connectivity index is 0.00000108. The molecule has 1 aliphatic carbocycles. The molecule has 0 radical (unpaired) electrons. The fourth-order valence-electron chi connectivity index (χ4n) is 3.56. The SMILES string of the molecule is CCCN1CCC2CC(C1)c1ccccc12.Cl. The van der Waals surface area contributed by atoms with Crippen molar-refractivity contribution < 1.29 is 0 Å². The number of hydrogen-bond donors (Lipinski definition) is 0. The van der Waals surface area contributed by atoms with Crippen LogP contribution in [0.3, 0.4) is 0 Å². The number of halogens is 1. The number of nitrogens with zero attached hydrogens (tertiary/aromatic N) is 1. The van der Waals surface area contributed by atoms with E-state index in [2.05, 4.69) is 36.1 Å². The van der Waals surface area contributed by atoms with Gasteiger partial charge < -0.3 is 4.90 Å². The van der Waals surface area contributed by atoms with E-state index < -0.39 is 0 Å². The van der Waals surface area contributed by atoms with E-state index in [1.807, 2.05) is 0 Å². The van der Waals surface area contributed by atoms with Gasteiger partial charge in [-0.25, -0.2) is 0 Å². The van der Waals surface area contributed by atoms with Gasteiger partial charge in [-0.3, -0.25) is 0 Å². The largest absolute Gasteiger partial charge is 0.303 e. The molecule has 2 aliphatic rings. The molecule has 0 amide bonds. The van der Waals surface area contributed by atoms with E-state index in [0.29, 0.717) is 0 Å². The maximum atomic E-state index is 2.67. The van der Waals surface area contributed by atoms with Crippen molar-refractivity contribution in [2.24, 2.45) is 0 Å². The molecule has 1 aromatic carbocycles. The number of fused-ring (bicyclic) bond motifs is 5. The standard InChI is InChI=1S/C15H21N.ClH/c1-2-8-16-9-7-12-10-13(11-16)15-6-4-3-5-14(12)15;/h3-6,12-13H,2,7-11H2,1H3;1H. The summed E-state index contributed by atoms with van der Waals surface area (Å²) in [4.78, 5) is 2.67. The van der Waals surface area contributed by atoms with E-state index >= 15 is 0 Å². The summed E-state index contributed by atoms with van der Waals surface area (Å²) < 4.78 is 0. The predicted octanol–water partition coefficient (Wildman–Crippen LogP) is 3.80. The van der Waals surface area contributed by atoms with Gasteiger partial charge in [-0.2, -0.15) is 0 Å². The molecule has 17 heavy (non-hydrogen) atoms. The molecule has 1 heterocycles. The van der Waals surface area contributed by atoms with E-state index in [1.165, 1.54) is 38.9 Å². The average Bonchev–Trinajstić information content (AvgIpc) is 2.51. The Bertz CT molecular complexity index is 377. The first-order valence-corrected chi connectivity index (χ1v) is 6.69. The molecule has 2 atom stereocenters. The molecule has 2 heteroatoms. The molecule has 1 aromatic rings. The third kappa shape index (κ3) is 2.36. The van der Waals surface area contributed by atoms with Crippen molar-refractivity contribution in [1.29, 1.82) is 0 Å². The Labute approximate surface area is 111 Å². The van der Waals surface area contributed by atoms with Crippen LogP contribution in [0, 0.1) is 0 Å². The van der Waals surface area contributed by atoms with Crippen LogP contribution in [0.4, 0.5) is 0 Å². The lowest BCUT2D eigenvalue weighted by molar-refractivity contribution is 0.270. The van der Waals surface area contributed by atoms with Crippen molar-refractivity contribution in [3.63, 3.8) is 0 Å². The van der Waals surface area contributed by atoms with E-state index in [-0.39, 0.29) is 12.4 Å². The molecule has 1 saturated heterocycles. The maximum Gasteiger partial charge on any atom is 0.00506 e. The van der Waals surface area contributed by atoms with Gasteiger partial charge in [-0.05, 0) is 55.3 Å². The fraction of sp³-hybridized carbons (Fsp3) is 0.600. The second kappa shape index (κ2) is 5.41. The Hall–Kier alpha value is -0.530. The molecule has 1 nitrogen and oxygen atoms in total. The molecule has 0 spiro atoms. The van der Waals surface area contributed by atoms with Gasteiger partial charge in [0.05, 0.1) is 0 Å². The van der Waals surface area contributed by atoms with Crippen LogP contribution in [0.1, 0.15) is 49.1 Å². The van der Waals surface area contributed by atoms with Crippen LogP contribution in [-0.2, 0) is 0 Å². The van der Waals surface area contributed by atoms with Gasteiger partial charge >= 0.3 is 0 Å². The summed E-state index contributed by atoms with van der Waals surface area (Å²) in [5, 5.41) is 0. The summed E-state index contributed by atoms with van der Waals surface area (Å²) in [6.45, 7) is 6.17. The van der Waals surface area contributed by atoms with Crippen LogP contribution < -0.4 is 0 Å². The highest BCUT2D eigenvalue weighted by Gasteiger charge is 2.34. The molecule has 0 saturated carbocycles. The van der Waals surface area contributed by atoms with Crippen LogP contribution in [0.5, 0.6) is 0 Å². The zero-order chi connectivity index (χ0) is 11.0. The van der Waals surface area contributed by atoms with Gasteiger partial charge in [0.2, 0.25) is 0 Å². The molecule has 1 aliphatic heterocycles. The van der Waals surface area contributed by atoms with Crippen LogP contribution in [0.15, 0.2) is 24.3 Å². The van der Waals surface area contributed by atoms with Crippen molar-refractivity contribution in [3.05, 3.63) is 35.4 Å². The molecular formula is C15H22ClN. The Morgan fingerprint density at radius 3 is 2.59 bits per heavy atom. The average molecular weight is 252 g/mol. The van der Waals surface area contributed by atoms with Crippen molar-refractivity contribution in [2.75, 3.05) is 19.6 Å². The van der Waals surface area contributed by atoms with Crippen molar-refractivity contribution >= 4 is 12.4 Å². The molecule has 0 N–H and O–H groups in total. The molecule has 3 rings (SSSR count). The smallest absolute Gasteiger partial charge is 0.00506 e. The zero-order valence-corrected chi connectivity index (χ0v) is 11.4. The second-order valence-electron chi connectivity index (χ2n) is 5.35. The summed E-state index contributed by atoms with van der Waals surface area (Å²) in [5.41, 5.74) is 3.30. The van der Waals surface area contributed by atoms with Crippen LogP contribution in [0.25, 0.3) is 0 Å². The van der Waals surface area contributed by atoms with Gasteiger partial charge in [0, 0.05) is 6.54 Å². The van der Waals surface area contributed by atoms with Crippen molar-refractivity contribution in [3.8, 4) is 0 Å². The highest BCUT2D eigenvalue weighted by molar-refractivity contribution is 5.85. The van der Waals surface area contributed by atoms with E-state index in [9.17, 15) is 0 Å². The molecular weight excluding hydrogens is 230 g/mol. The van der Waals surface area contributed by atoms with Gasteiger partial charge in [-0.1, -0.05) is 31.2 Å². The van der Waals surface area contributed by atoms with Gasteiger partial charge in [0.1, 0.15) is 0 Å². The Morgan fingerprint density at radius 1 is 1.18 bits per heavy atom. The summed E-state index contributed by atoms with van der Waals surface area (Å²) in [7, 11) is 0. The normalized spacial score (nSPS) is 27.1. The lowest BCUT2D eigenvalue weighted by Crippen LogP contribution is -2.29. The molecule has 1 fully saturated rings. The number of rotatable bonds is 2. The number of likely N-dealkylation sites (tertiary alicyclic amines) is 1. The first kappa shape index (κ1) is 12.9. The minimum atomic E-state index is 0. The molecule has 2 bridgehead atoms. The first-order valence-electron chi connectivity index (χ1n) is 6.69. The van der Waals surface area contributed by atoms with E-state index in [0.717, 1.165) is 11.8 Å². The zero-order valence-electron chi connectivity index (χ0n) is 10.6. The van der Waals surface area contributed by atoms with Gasteiger partial charge in [0.25, 0.3) is 0 Å². The molecule has 94 valence electrons. The van der Waals surface area contributed by atoms with Crippen molar-refractivity contribution in [1.82, 2.24) is 4.90 Å². The third-order valence-electron chi connectivity index (χ3n) is 4.26. The number of hydrogen-bond acceptors (Lipinski definition) is 1. The van der Waals surface area contributed by atoms with Crippen LogP contribution in [0.2, 0.25) is 0 Å². The minimum Gasteiger partial charge on any atom is -0.303 e. The van der Waals surface area contributed by atoms with Gasteiger partial charge in [0.15, 0.2) is 0 Å².